The number of nitrogens with zero attached hydrogens (tertiary/aromatic N) is 2. The van der Waals surface area contributed by atoms with Gasteiger partial charge in [-0.05, 0) is 56.5 Å². The lowest BCUT2D eigenvalue weighted by molar-refractivity contribution is 0.210. The maximum absolute atomic E-state index is 5.90. The van der Waals surface area contributed by atoms with Crippen molar-refractivity contribution in [3.05, 3.63) is 34.9 Å². The summed E-state index contributed by atoms with van der Waals surface area (Å²) in [5.41, 5.74) is 1.28. The zero-order valence-electron chi connectivity index (χ0n) is 14.0. The van der Waals surface area contributed by atoms with E-state index in [1.54, 1.807) is 0 Å². The molecule has 1 aromatic rings. The van der Waals surface area contributed by atoms with Crippen molar-refractivity contribution in [1.82, 2.24) is 15.5 Å². The molecule has 1 aliphatic heterocycles. The van der Waals surface area contributed by atoms with Crippen LogP contribution >= 0.6 is 35.6 Å². The minimum atomic E-state index is 0. The summed E-state index contributed by atoms with van der Waals surface area (Å²) in [4.78, 5) is 6.71. The summed E-state index contributed by atoms with van der Waals surface area (Å²) in [6.07, 6.45) is 3.56. The van der Waals surface area contributed by atoms with Gasteiger partial charge in [0.1, 0.15) is 0 Å². The number of guanidine groups is 1. The first-order valence-electron chi connectivity index (χ1n) is 8.05. The summed E-state index contributed by atoms with van der Waals surface area (Å²) < 4.78 is 0. The van der Waals surface area contributed by atoms with E-state index >= 15 is 0 Å². The van der Waals surface area contributed by atoms with Crippen molar-refractivity contribution in [2.45, 2.75) is 19.3 Å². The highest BCUT2D eigenvalue weighted by Gasteiger charge is 2.17. The molecule has 0 saturated carbocycles. The predicted molar refractivity (Wildman–Crippen MR) is 110 cm³/mol. The van der Waals surface area contributed by atoms with Crippen molar-refractivity contribution in [2.24, 2.45) is 10.9 Å². The molecule has 1 aromatic carbocycles. The number of likely N-dealkylation sites (tertiary alicyclic amines) is 1. The number of aliphatic imine (C=N–C) groups is 1. The number of benzene rings is 1. The van der Waals surface area contributed by atoms with Crippen LogP contribution < -0.4 is 10.6 Å². The molecule has 23 heavy (non-hydrogen) atoms. The largest absolute Gasteiger partial charge is 0.356 e. The molecule has 1 unspecified atom stereocenters. The van der Waals surface area contributed by atoms with E-state index in [4.69, 9.17) is 11.6 Å². The fourth-order valence-corrected chi connectivity index (χ4v) is 3.00. The third kappa shape index (κ3) is 7.72. The quantitative estimate of drug-likeness (QED) is 0.412. The second-order valence-corrected chi connectivity index (χ2v) is 6.46. The van der Waals surface area contributed by atoms with Crippen LogP contribution in [-0.4, -0.2) is 51.1 Å². The van der Waals surface area contributed by atoms with Crippen molar-refractivity contribution >= 4 is 41.5 Å². The second-order valence-electron chi connectivity index (χ2n) is 6.03. The predicted octanol–water partition coefficient (Wildman–Crippen LogP) is 3.01. The maximum atomic E-state index is 5.90. The average molecular weight is 451 g/mol. The summed E-state index contributed by atoms with van der Waals surface area (Å²) in [5, 5.41) is 7.61. The summed E-state index contributed by atoms with van der Waals surface area (Å²) >= 11 is 5.90. The normalized spacial score (nSPS) is 19.1. The van der Waals surface area contributed by atoms with E-state index in [1.807, 2.05) is 19.2 Å². The van der Waals surface area contributed by atoms with Gasteiger partial charge in [0.05, 0.1) is 0 Å². The van der Waals surface area contributed by atoms with Crippen LogP contribution in [0, 0.1) is 5.92 Å². The van der Waals surface area contributed by atoms with Crippen molar-refractivity contribution < 1.29 is 0 Å². The number of hydrogen-bond donors (Lipinski definition) is 2. The van der Waals surface area contributed by atoms with Crippen LogP contribution in [-0.2, 0) is 6.42 Å². The Balaban J connectivity index is 0.00000264. The van der Waals surface area contributed by atoms with Gasteiger partial charge in [0.25, 0.3) is 0 Å². The van der Waals surface area contributed by atoms with Gasteiger partial charge in [0.15, 0.2) is 5.96 Å². The van der Waals surface area contributed by atoms with Crippen molar-refractivity contribution in [3.8, 4) is 0 Å². The molecule has 0 spiro atoms. The van der Waals surface area contributed by atoms with Crippen LogP contribution in [0.25, 0.3) is 0 Å². The molecular formula is C17H28ClIN4. The molecule has 0 radical (unpaired) electrons. The van der Waals surface area contributed by atoms with Gasteiger partial charge in [-0.1, -0.05) is 23.7 Å². The van der Waals surface area contributed by atoms with Crippen LogP contribution in [0.5, 0.6) is 0 Å². The van der Waals surface area contributed by atoms with Crippen LogP contribution in [0.1, 0.15) is 18.4 Å². The van der Waals surface area contributed by atoms with Gasteiger partial charge >= 0.3 is 0 Å². The fraction of sp³-hybridized carbons (Fsp3) is 0.588. The summed E-state index contributed by atoms with van der Waals surface area (Å²) in [7, 11) is 4.02. The molecule has 0 bridgehead atoms. The second kappa shape index (κ2) is 11.1. The van der Waals surface area contributed by atoms with E-state index in [0.717, 1.165) is 30.5 Å². The minimum absolute atomic E-state index is 0. The number of piperidine rings is 1. The van der Waals surface area contributed by atoms with Crippen LogP contribution in [0.15, 0.2) is 29.3 Å². The molecular weight excluding hydrogens is 423 g/mol. The van der Waals surface area contributed by atoms with Gasteiger partial charge in [-0.15, -0.1) is 24.0 Å². The standard InChI is InChI=1S/C17H27ClN4.HI/c1-19-17(21-12-15-4-3-11-22(2)13-15)20-10-9-14-5-7-16(18)8-6-14;/h5-8,15H,3-4,9-13H2,1-2H3,(H2,19,20,21);1H. The molecule has 2 N–H and O–H groups in total. The first-order valence-corrected chi connectivity index (χ1v) is 8.42. The molecule has 1 aliphatic rings. The zero-order chi connectivity index (χ0) is 15.8. The maximum Gasteiger partial charge on any atom is 0.190 e. The molecule has 4 nitrogen and oxygen atoms in total. The van der Waals surface area contributed by atoms with Gasteiger partial charge < -0.3 is 15.5 Å². The molecule has 0 aliphatic carbocycles. The Morgan fingerprint density at radius 2 is 2.04 bits per heavy atom. The van der Waals surface area contributed by atoms with Gasteiger partial charge in [0, 0.05) is 31.7 Å². The van der Waals surface area contributed by atoms with Crippen LogP contribution in [0.3, 0.4) is 0 Å². The van der Waals surface area contributed by atoms with Crippen LogP contribution in [0.2, 0.25) is 5.02 Å². The Morgan fingerprint density at radius 1 is 1.30 bits per heavy atom. The lowest BCUT2D eigenvalue weighted by Gasteiger charge is -2.30. The smallest absolute Gasteiger partial charge is 0.190 e. The van der Waals surface area contributed by atoms with Gasteiger partial charge in [-0.2, -0.15) is 0 Å². The van der Waals surface area contributed by atoms with Gasteiger partial charge in [0.2, 0.25) is 0 Å². The van der Waals surface area contributed by atoms with Gasteiger partial charge in [-0.25, -0.2) is 0 Å². The Morgan fingerprint density at radius 3 is 2.70 bits per heavy atom. The topological polar surface area (TPSA) is 39.7 Å². The summed E-state index contributed by atoms with van der Waals surface area (Å²) in [6.45, 7) is 4.26. The molecule has 130 valence electrons. The number of rotatable bonds is 5. The van der Waals surface area contributed by atoms with E-state index in [-0.39, 0.29) is 24.0 Å². The Hall–Kier alpha value is -0.530. The lowest BCUT2D eigenvalue weighted by Crippen LogP contribution is -2.44. The SMILES string of the molecule is CN=C(NCCc1ccc(Cl)cc1)NCC1CCCN(C)C1.I. The molecule has 1 saturated heterocycles. The first-order chi connectivity index (χ1) is 10.7. The van der Waals surface area contributed by atoms with E-state index < -0.39 is 0 Å². The van der Waals surface area contributed by atoms with E-state index in [1.165, 1.54) is 31.5 Å². The minimum Gasteiger partial charge on any atom is -0.356 e. The number of nitrogens with one attached hydrogen (secondary N) is 2. The first kappa shape index (κ1) is 20.5. The molecule has 0 aromatic heterocycles. The van der Waals surface area contributed by atoms with E-state index in [9.17, 15) is 0 Å². The summed E-state index contributed by atoms with van der Waals surface area (Å²) in [5.74, 6) is 1.61. The fourth-order valence-electron chi connectivity index (χ4n) is 2.88. The Kier molecular flexibility index (Phi) is 9.90. The molecule has 2 rings (SSSR count). The highest BCUT2D eigenvalue weighted by molar-refractivity contribution is 14.0. The molecule has 1 heterocycles. The third-order valence-corrected chi connectivity index (χ3v) is 4.38. The Bertz CT molecular complexity index is 478. The van der Waals surface area contributed by atoms with E-state index in [0.29, 0.717) is 5.92 Å². The highest BCUT2D eigenvalue weighted by atomic mass is 127. The van der Waals surface area contributed by atoms with Crippen molar-refractivity contribution in [1.29, 1.82) is 0 Å². The van der Waals surface area contributed by atoms with Crippen molar-refractivity contribution in [3.63, 3.8) is 0 Å². The average Bonchev–Trinajstić information content (AvgIpc) is 2.52. The number of halogens is 2. The number of hydrogen-bond acceptors (Lipinski definition) is 2. The molecule has 1 atom stereocenters. The Labute approximate surface area is 162 Å². The van der Waals surface area contributed by atoms with E-state index in [2.05, 4.69) is 39.7 Å². The summed E-state index contributed by atoms with van der Waals surface area (Å²) in [6, 6.07) is 8.00. The monoisotopic (exact) mass is 450 g/mol. The van der Waals surface area contributed by atoms with Crippen molar-refractivity contribution in [2.75, 3.05) is 40.3 Å². The van der Waals surface area contributed by atoms with Crippen LogP contribution in [0.4, 0.5) is 0 Å². The zero-order valence-corrected chi connectivity index (χ0v) is 17.1. The lowest BCUT2D eigenvalue weighted by atomic mass is 9.99. The highest BCUT2D eigenvalue weighted by Crippen LogP contribution is 2.13. The molecule has 6 heteroatoms. The third-order valence-electron chi connectivity index (χ3n) is 4.12. The molecule has 1 fully saturated rings. The molecule has 0 amide bonds. The van der Waals surface area contributed by atoms with Gasteiger partial charge in [-0.3, -0.25) is 4.99 Å².